The van der Waals surface area contributed by atoms with E-state index in [1.54, 1.807) is 6.07 Å². The van der Waals surface area contributed by atoms with Crippen molar-refractivity contribution in [2.24, 2.45) is 0 Å². The number of ether oxygens (including phenoxy) is 1. The van der Waals surface area contributed by atoms with Crippen molar-refractivity contribution in [2.45, 2.75) is 6.92 Å². The van der Waals surface area contributed by atoms with E-state index < -0.39 is 5.97 Å². The molecule has 0 bridgehead atoms. The molecule has 2 rings (SSSR count). The number of rotatable bonds is 3. The van der Waals surface area contributed by atoms with Gasteiger partial charge in [0, 0.05) is 6.08 Å². The molecule has 1 N–H and O–H groups in total. The zero-order chi connectivity index (χ0) is 14.3. The minimum absolute atomic E-state index is 0.382. The van der Waals surface area contributed by atoms with Gasteiger partial charge in [-0.1, -0.05) is 18.7 Å². The number of fused-ring (bicyclic) bond motifs is 1. The lowest BCUT2D eigenvalue weighted by atomic mass is 10.2. The molecule has 0 atom stereocenters. The van der Waals surface area contributed by atoms with Crippen LogP contribution in [0.2, 0.25) is 0 Å². The summed E-state index contributed by atoms with van der Waals surface area (Å²) in [6.07, 6.45) is 0.833. The summed E-state index contributed by atoms with van der Waals surface area (Å²) in [6, 6.07) is 8.68. The summed E-state index contributed by atoms with van der Waals surface area (Å²) in [7, 11) is 0. The number of hydrogen-bond donors (Lipinski definition) is 1. The molecule has 0 unspecified atom stereocenters. The predicted octanol–water partition coefficient (Wildman–Crippen LogP) is 2.45. The number of hydrogen-bond acceptors (Lipinski definition) is 4. The second-order valence-corrected chi connectivity index (χ2v) is 3.40. The fraction of sp³-hybridized carbons (Fsp3) is 0.143. The average Bonchev–Trinajstić information content (AvgIpc) is 2.39. The molecule has 0 radical (unpaired) electrons. The number of carbonyl (C=O) groups is 1. The van der Waals surface area contributed by atoms with Crippen LogP contribution in [0.25, 0.3) is 11.0 Å². The van der Waals surface area contributed by atoms with E-state index in [4.69, 9.17) is 14.3 Å². The smallest absolute Gasteiger partial charge is 0.339 e. The number of benzene rings is 1. The topological polar surface area (TPSA) is 76.7 Å². The van der Waals surface area contributed by atoms with Crippen LogP contribution in [0.4, 0.5) is 0 Å². The number of para-hydroxylation sites is 1. The second-order valence-electron chi connectivity index (χ2n) is 3.40. The Morgan fingerprint density at radius 1 is 1.47 bits per heavy atom. The molecule has 1 aromatic carbocycles. The lowest BCUT2D eigenvalue weighted by Gasteiger charge is -2.04. The van der Waals surface area contributed by atoms with Crippen LogP contribution in [0.1, 0.15) is 6.92 Å². The number of carboxylic acids is 1. The van der Waals surface area contributed by atoms with Gasteiger partial charge in [-0.3, -0.25) is 0 Å². The molecule has 0 aliphatic heterocycles. The molecule has 0 aliphatic carbocycles. The van der Waals surface area contributed by atoms with Crippen molar-refractivity contribution in [3.05, 3.63) is 53.4 Å². The van der Waals surface area contributed by atoms with Gasteiger partial charge in [0.25, 0.3) is 0 Å². The first-order valence-electron chi connectivity index (χ1n) is 5.59. The van der Waals surface area contributed by atoms with E-state index in [9.17, 15) is 9.59 Å². The molecular weight excluding hydrogens is 248 g/mol. The van der Waals surface area contributed by atoms with E-state index >= 15 is 0 Å². The Hall–Kier alpha value is -2.56. The highest BCUT2D eigenvalue weighted by Crippen LogP contribution is 2.22. The number of aliphatic carboxylic acids is 1. The Labute approximate surface area is 109 Å². The van der Waals surface area contributed by atoms with Crippen LogP contribution in [0, 0.1) is 0 Å². The normalized spacial score (nSPS) is 9.32. The lowest BCUT2D eigenvalue weighted by Crippen LogP contribution is -2.00. The summed E-state index contributed by atoms with van der Waals surface area (Å²) in [4.78, 5) is 20.4. The molecule has 0 spiro atoms. The van der Waals surface area contributed by atoms with Gasteiger partial charge < -0.3 is 14.3 Å². The van der Waals surface area contributed by atoms with Crippen molar-refractivity contribution >= 4 is 16.9 Å². The second kappa shape index (κ2) is 7.00. The van der Waals surface area contributed by atoms with Crippen LogP contribution in [0.15, 0.2) is 52.2 Å². The molecule has 0 amide bonds. The average molecular weight is 262 g/mol. The highest BCUT2D eigenvalue weighted by atomic mass is 16.5. The maximum absolute atomic E-state index is 11.1. The Morgan fingerprint density at radius 3 is 2.68 bits per heavy atom. The van der Waals surface area contributed by atoms with Gasteiger partial charge in [-0.15, -0.1) is 0 Å². The molecule has 1 heterocycles. The first-order chi connectivity index (χ1) is 9.08. The molecule has 0 saturated heterocycles. The van der Waals surface area contributed by atoms with Crippen LogP contribution in [0.3, 0.4) is 0 Å². The Balaban J connectivity index is 0.000000312. The van der Waals surface area contributed by atoms with Crippen molar-refractivity contribution in [1.29, 1.82) is 0 Å². The molecule has 2 aromatic rings. The first kappa shape index (κ1) is 14.5. The van der Waals surface area contributed by atoms with Crippen LogP contribution in [-0.4, -0.2) is 17.7 Å². The fourth-order valence-corrected chi connectivity index (χ4v) is 1.36. The summed E-state index contributed by atoms with van der Waals surface area (Å²) in [5.74, 6) is -0.399. The van der Waals surface area contributed by atoms with Crippen molar-refractivity contribution in [3.8, 4) is 5.75 Å². The minimum atomic E-state index is -0.981. The molecule has 5 heteroatoms. The SMILES string of the molecule is C=CC(=O)O.CCOc1cc(=O)oc2ccccc12. The van der Waals surface area contributed by atoms with Crippen LogP contribution in [0.5, 0.6) is 5.75 Å². The molecular formula is C14H14O5. The molecule has 5 nitrogen and oxygen atoms in total. The Morgan fingerprint density at radius 2 is 2.11 bits per heavy atom. The minimum Gasteiger partial charge on any atom is -0.493 e. The van der Waals surface area contributed by atoms with Crippen molar-refractivity contribution in [2.75, 3.05) is 6.61 Å². The van der Waals surface area contributed by atoms with Crippen LogP contribution >= 0.6 is 0 Å². The van der Waals surface area contributed by atoms with Gasteiger partial charge in [0.15, 0.2) is 0 Å². The third kappa shape index (κ3) is 4.31. The van der Waals surface area contributed by atoms with Gasteiger partial charge in [0.05, 0.1) is 18.1 Å². The van der Waals surface area contributed by atoms with Crippen molar-refractivity contribution < 1.29 is 19.1 Å². The zero-order valence-electron chi connectivity index (χ0n) is 10.5. The van der Waals surface area contributed by atoms with Gasteiger partial charge in [-0.25, -0.2) is 9.59 Å². The third-order valence-corrected chi connectivity index (χ3v) is 2.09. The van der Waals surface area contributed by atoms with Gasteiger partial charge >= 0.3 is 11.6 Å². The van der Waals surface area contributed by atoms with Crippen molar-refractivity contribution in [1.82, 2.24) is 0 Å². The highest BCUT2D eigenvalue weighted by molar-refractivity contribution is 5.82. The van der Waals surface area contributed by atoms with Gasteiger partial charge in [-0.05, 0) is 19.1 Å². The zero-order valence-corrected chi connectivity index (χ0v) is 10.5. The standard InChI is InChI=1S/C11H10O3.C3H4O2/c1-2-13-10-7-11(12)14-9-6-4-3-5-8(9)10;1-2-3(4)5/h3-7H,2H2,1H3;2H,1H2,(H,4,5). The van der Waals surface area contributed by atoms with Gasteiger partial charge in [0.2, 0.25) is 0 Å². The lowest BCUT2D eigenvalue weighted by molar-refractivity contribution is -0.131. The van der Waals surface area contributed by atoms with E-state index in [1.807, 2.05) is 25.1 Å². The summed E-state index contributed by atoms with van der Waals surface area (Å²) in [5.41, 5.74) is 0.176. The van der Waals surface area contributed by atoms with E-state index in [1.165, 1.54) is 6.07 Å². The summed E-state index contributed by atoms with van der Waals surface area (Å²) < 4.78 is 10.4. The van der Waals surface area contributed by atoms with Crippen molar-refractivity contribution in [3.63, 3.8) is 0 Å². The maximum atomic E-state index is 11.1. The number of carboxylic acid groups (broad SMARTS) is 1. The highest BCUT2D eigenvalue weighted by Gasteiger charge is 2.04. The van der Waals surface area contributed by atoms with Gasteiger partial charge in [0.1, 0.15) is 11.3 Å². The summed E-state index contributed by atoms with van der Waals surface area (Å²) >= 11 is 0. The molecule has 0 fully saturated rings. The molecule has 0 saturated carbocycles. The summed E-state index contributed by atoms with van der Waals surface area (Å²) in [6.45, 7) is 5.37. The Bertz CT molecular complexity index is 627. The molecule has 1 aromatic heterocycles. The van der Waals surface area contributed by atoms with Crippen LogP contribution in [-0.2, 0) is 4.79 Å². The monoisotopic (exact) mass is 262 g/mol. The van der Waals surface area contributed by atoms with E-state index in [0.29, 0.717) is 17.9 Å². The molecule has 19 heavy (non-hydrogen) atoms. The predicted molar refractivity (Wildman–Crippen MR) is 71.5 cm³/mol. The molecule has 0 aliphatic rings. The van der Waals surface area contributed by atoms with E-state index in [-0.39, 0.29) is 5.63 Å². The van der Waals surface area contributed by atoms with E-state index in [0.717, 1.165) is 11.5 Å². The maximum Gasteiger partial charge on any atom is 0.339 e. The fourth-order valence-electron chi connectivity index (χ4n) is 1.36. The van der Waals surface area contributed by atoms with Gasteiger partial charge in [-0.2, -0.15) is 0 Å². The first-order valence-corrected chi connectivity index (χ1v) is 5.59. The molecule has 100 valence electrons. The van der Waals surface area contributed by atoms with E-state index in [2.05, 4.69) is 6.58 Å². The Kier molecular flexibility index (Phi) is 5.35. The summed E-state index contributed by atoms with van der Waals surface area (Å²) in [5, 5.41) is 8.43. The van der Waals surface area contributed by atoms with Crippen LogP contribution < -0.4 is 10.4 Å². The largest absolute Gasteiger partial charge is 0.493 e. The third-order valence-electron chi connectivity index (χ3n) is 2.09. The quantitative estimate of drug-likeness (QED) is 0.679.